The predicted octanol–water partition coefficient (Wildman–Crippen LogP) is 1.98. The van der Waals surface area contributed by atoms with Crippen LogP contribution < -0.4 is 0 Å². The van der Waals surface area contributed by atoms with Crippen molar-refractivity contribution in [3.63, 3.8) is 0 Å². The molecule has 2 aromatic rings. The average molecular weight is 296 g/mol. The van der Waals surface area contributed by atoms with E-state index in [-0.39, 0.29) is 21.5 Å². The molecule has 0 aliphatic heterocycles. The monoisotopic (exact) mass is 295 g/mol. The number of hydrogen-bond acceptors (Lipinski definition) is 4. The van der Waals surface area contributed by atoms with Crippen molar-refractivity contribution in [2.75, 3.05) is 0 Å². The number of fused-ring (bicyclic) bond motifs is 1. The molecule has 0 aliphatic carbocycles. The van der Waals surface area contributed by atoms with E-state index in [1.165, 1.54) is 12.1 Å². The molecular formula is C12H6ClNO6. The zero-order valence-electron chi connectivity index (χ0n) is 9.62. The van der Waals surface area contributed by atoms with Crippen LogP contribution in [0, 0.1) is 0 Å². The summed E-state index contributed by atoms with van der Waals surface area (Å²) < 4.78 is 0. The number of halogens is 1. The Morgan fingerprint density at radius 3 is 2.15 bits per heavy atom. The molecule has 20 heavy (non-hydrogen) atoms. The summed E-state index contributed by atoms with van der Waals surface area (Å²) in [5.74, 6) is -4.42. The maximum Gasteiger partial charge on any atom is 0.355 e. The van der Waals surface area contributed by atoms with E-state index in [0.717, 1.165) is 6.07 Å². The van der Waals surface area contributed by atoms with E-state index in [0.29, 0.717) is 0 Å². The van der Waals surface area contributed by atoms with Gasteiger partial charge >= 0.3 is 17.9 Å². The first-order valence-electron chi connectivity index (χ1n) is 5.16. The van der Waals surface area contributed by atoms with Gasteiger partial charge < -0.3 is 15.3 Å². The zero-order chi connectivity index (χ0) is 15.0. The molecule has 0 bridgehead atoms. The number of rotatable bonds is 3. The molecule has 0 spiro atoms. The van der Waals surface area contributed by atoms with Crippen LogP contribution in [-0.2, 0) is 0 Å². The zero-order valence-corrected chi connectivity index (χ0v) is 10.4. The molecular weight excluding hydrogens is 290 g/mol. The number of aromatic nitrogens is 1. The fraction of sp³-hybridized carbons (Fsp3) is 0. The molecule has 1 heterocycles. The number of benzene rings is 1. The Labute approximate surface area is 116 Å². The van der Waals surface area contributed by atoms with Crippen molar-refractivity contribution in [3.8, 4) is 0 Å². The van der Waals surface area contributed by atoms with Gasteiger partial charge in [-0.3, -0.25) is 0 Å². The van der Waals surface area contributed by atoms with Crippen LogP contribution in [0.1, 0.15) is 31.2 Å². The largest absolute Gasteiger partial charge is 0.478 e. The standard InChI is InChI=1S/C12H6ClNO6/c13-6-2-1-4-3-5(10(15)16)9(12(19)20)14-8(4)7(6)11(17)18/h1-3H,(H,15,16)(H,17,18)(H,19,20). The van der Waals surface area contributed by atoms with E-state index < -0.39 is 29.2 Å². The van der Waals surface area contributed by atoms with E-state index in [1.54, 1.807) is 0 Å². The van der Waals surface area contributed by atoms with Gasteiger partial charge in [0.15, 0.2) is 5.69 Å². The van der Waals surface area contributed by atoms with Crippen molar-refractivity contribution in [2.45, 2.75) is 0 Å². The second-order valence-corrected chi connectivity index (χ2v) is 4.20. The minimum atomic E-state index is -1.57. The van der Waals surface area contributed by atoms with Crippen molar-refractivity contribution in [1.82, 2.24) is 4.98 Å². The summed E-state index contributed by atoms with van der Waals surface area (Å²) in [7, 11) is 0. The highest BCUT2D eigenvalue weighted by molar-refractivity contribution is 6.35. The Balaban J connectivity index is 2.95. The van der Waals surface area contributed by atoms with Crippen molar-refractivity contribution < 1.29 is 29.7 Å². The van der Waals surface area contributed by atoms with Crippen LogP contribution in [-0.4, -0.2) is 38.2 Å². The lowest BCUT2D eigenvalue weighted by Crippen LogP contribution is -2.12. The second kappa shape index (κ2) is 4.78. The summed E-state index contributed by atoms with van der Waals surface area (Å²) in [6.45, 7) is 0. The summed E-state index contributed by atoms with van der Waals surface area (Å²) in [5.41, 5.74) is -1.81. The summed E-state index contributed by atoms with van der Waals surface area (Å²) in [6.07, 6.45) is 0. The van der Waals surface area contributed by atoms with E-state index in [2.05, 4.69) is 4.98 Å². The van der Waals surface area contributed by atoms with E-state index in [9.17, 15) is 14.4 Å². The van der Waals surface area contributed by atoms with Gasteiger partial charge in [-0.2, -0.15) is 0 Å². The molecule has 1 aromatic carbocycles. The van der Waals surface area contributed by atoms with E-state index in [4.69, 9.17) is 26.9 Å². The van der Waals surface area contributed by atoms with Gasteiger partial charge in [0.25, 0.3) is 0 Å². The van der Waals surface area contributed by atoms with Gasteiger partial charge in [0, 0.05) is 5.39 Å². The summed E-state index contributed by atoms with van der Waals surface area (Å²) >= 11 is 5.75. The number of hydrogen-bond donors (Lipinski definition) is 3. The number of carbonyl (C=O) groups is 3. The molecule has 2 rings (SSSR count). The predicted molar refractivity (Wildman–Crippen MR) is 67.6 cm³/mol. The molecule has 0 saturated heterocycles. The number of carboxylic acids is 3. The lowest BCUT2D eigenvalue weighted by atomic mass is 10.1. The van der Waals surface area contributed by atoms with Crippen LogP contribution in [0.3, 0.4) is 0 Å². The van der Waals surface area contributed by atoms with Crippen LogP contribution in [0.25, 0.3) is 10.9 Å². The number of pyridine rings is 1. The average Bonchev–Trinajstić information content (AvgIpc) is 2.36. The van der Waals surface area contributed by atoms with Crippen molar-refractivity contribution in [2.24, 2.45) is 0 Å². The van der Waals surface area contributed by atoms with E-state index in [1.807, 2.05) is 0 Å². The Hall–Kier alpha value is -2.67. The second-order valence-electron chi connectivity index (χ2n) is 3.79. The van der Waals surface area contributed by atoms with Gasteiger partial charge in [0.2, 0.25) is 0 Å². The van der Waals surface area contributed by atoms with Crippen LogP contribution in [0.15, 0.2) is 18.2 Å². The molecule has 0 radical (unpaired) electrons. The van der Waals surface area contributed by atoms with Gasteiger partial charge in [-0.1, -0.05) is 17.7 Å². The van der Waals surface area contributed by atoms with Crippen LogP contribution in [0.4, 0.5) is 0 Å². The Morgan fingerprint density at radius 2 is 1.65 bits per heavy atom. The van der Waals surface area contributed by atoms with Crippen molar-refractivity contribution in [1.29, 1.82) is 0 Å². The number of carboxylic acid groups (broad SMARTS) is 3. The number of aromatic carboxylic acids is 3. The molecule has 8 heteroatoms. The van der Waals surface area contributed by atoms with Crippen LogP contribution in [0.5, 0.6) is 0 Å². The molecule has 3 N–H and O–H groups in total. The lowest BCUT2D eigenvalue weighted by molar-refractivity contribution is 0.0646. The smallest absolute Gasteiger partial charge is 0.355 e. The fourth-order valence-electron chi connectivity index (χ4n) is 1.74. The van der Waals surface area contributed by atoms with Gasteiger partial charge in [-0.05, 0) is 12.1 Å². The van der Waals surface area contributed by atoms with E-state index >= 15 is 0 Å². The van der Waals surface area contributed by atoms with Crippen molar-refractivity contribution in [3.05, 3.63) is 40.0 Å². The highest BCUT2D eigenvalue weighted by Gasteiger charge is 2.22. The third-order valence-electron chi connectivity index (χ3n) is 2.58. The minimum Gasteiger partial charge on any atom is -0.478 e. The third-order valence-corrected chi connectivity index (χ3v) is 2.90. The number of nitrogens with zero attached hydrogens (tertiary/aromatic N) is 1. The third kappa shape index (κ3) is 2.14. The van der Waals surface area contributed by atoms with Gasteiger partial charge in [0.05, 0.1) is 16.1 Å². The molecule has 102 valence electrons. The molecule has 0 aliphatic rings. The summed E-state index contributed by atoms with van der Waals surface area (Å²) in [4.78, 5) is 36.8. The topological polar surface area (TPSA) is 125 Å². The first-order chi connectivity index (χ1) is 9.32. The molecule has 0 atom stereocenters. The molecule has 0 unspecified atom stereocenters. The fourth-order valence-corrected chi connectivity index (χ4v) is 1.98. The normalized spacial score (nSPS) is 10.4. The minimum absolute atomic E-state index is 0.114. The Bertz CT molecular complexity index is 770. The maximum atomic E-state index is 11.1. The summed E-state index contributed by atoms with van der Waals surface area (Å²) in [5, 5.41) is 27.1. The molecule has 0 amide bonds. The molecule has 0 saturated carbocycles. The first-order valence-corrected chi connectivity index (χ1v) is 5.54. The van der Waals surface area contributed by atoms with Gasteiger partial charge in [0.1, 0.15) is 5.56 Å². The van der Waals surface area contributed by atoms with Crippen LogP contribution >= 0.6 is 11.6 Å². The molecule has 7 nitrogen and oxygen atoms in total. The Kier molecular flexibility index (Phi) is 3.29. The first kappa shape index (κ1) is 13.8. The molecule has 1 aromatic heterocycles. The SMILES string of the molecule is O=C(O)c1cc2ccc(Cl)c(C(=O)O)c2nc1C(=O)O. The van der Waals surface area contributed by atoms with Crippen LogP contribution in [0.2, 0.25) is 5.02 Å². The Morgan fingerprint density at radius 1 is 1.00 bits per heavy atom. The van der Waals surface area contributed by atoms with Crippen molar-refractivity contribution >= 4 is 40.4 Å². The highest BCUT2D eigenvalue weighted by atomic mass is 35.5. The van der Waals surface area contributed by atoms with Gasteiger partial charge in [-0.15, -0.1) is 0 Å². The highest BCUT2D eigenvalue weighted by Crippen LogP contribution is 2.26. The maximum absolute atomic E-state index is 11.1. The lowest BCUT2D eigenvalue weighted by Gasteiger charge is -2.07. The molecule has 0 fully saturated rings. The quantitative estimate of drug-likeness (QED) is 0.790. The van der Waals surface area contributed by atoms with Gasteiger partial charge in [-0.25, -0.2) is 19.4 Å². The summed E-state index contributed by atoms with van der Waals surface area (Å²) in [6, 6.07) is 3.70.